The number of aromatic carboxylic acids is 1. The lowest BCUT2D eigenvalue weighted by Crippen LogP contribution is -2.28. The number of phenolic OH excluding ortho intramolecular Hbond substituents is 1. The summed E-state index contributed by atoms with van der Waals surface area (Å²) in [6.07, 6.45) is 0. The highest BCUT2D eigenvalue weighted by atomic mass is 32.2. The summed E-state index contributed by atoms with van der Waals surface area (Å²) in [6, 6.07) is 9.35. The van der Waals surface area contributed by atoms with Gasteiger partial charge in [-0.25, -0.2) is 4.79 Å². The van der Waals surface area contributed by atoms with E-state index >= 15 is 0 Å². The third-order valence-electron chi connectivity index (χ3n) is 4.95. The van der Waals surface area contributed by atoms with Crippen molar-refractivity contribution in [2.75, 3.05) is 20.8 Å². The van der Waals surface area contributed by atoms with Gasteiger partial charge in [0.1, 0.15) is 5.75 Å². The lowest BCUT2D eigenvalue weighted by Gasteiger charge is -2.27. The van der Waals surface area contributed by atoms with Gasteiger partial charge in [-0.1, -0.05) is 30.0 Å². The zero-order valence-electron chi connectivity index (χ0n) is 16.6. The van der Waals surface area contributed by atoms with Crippen LogP contribution in [-0.2, 0) is 4.74 Å². The maximum absolute atomic E-state index is 13.5. The molecule has 1 aliphatic rings. The molecule has 6 nitrogen and oxygen atoms in total. The summed E-state index contributed by atoms with van der Waals surface area (Å²) in [7, 11) is 3.04. The molecule has 2 N–H and O–H groups in total. The molecule has 0 heterocycles. The molecule has 0 spiro atoms. The highest BCUT2D eigenvalue weighted by molar-refractivity contribution is 8.04. The molecule has 29 heavy (non-hydrogen) atoms. The summed E-state index contributed by atoms with van der Waals surface area (Å²) in [6.45, 7) is 3.30. The number of carboxylic acid groups (broad SMARTS) is 1. The summed E-state index contributed by atoms with van der Waals surface area (Å²) in [5.41, 5.74) is 1.71. The Labute approximate surface area is 172 Å². The molecule has 0 aromatic heterocycles. The van der Waals surface area contributed by atoms with Crippen LogP contribution in [0, 0.1) is 13.8 Å². The molecule has 0 radical (unpaired) electrons. The number of aromatic hydroxyl groups is 1. The van der Waals surface area contributed by atoms with Crippen LogP contribution in [0.1, 0.15) is 37.4 Å². The van der Waals surface area contributed by atoms with Crippen molar-refractivity contribution in [2.24, 2.45) is 4.99 Å². The molecule has 0 aliphatic heterocycles. The van der Waals surface area contributed by atoms with Crippen LogP contribution in [0.3, 0.4) is 0 Å². The van der Waals surface area contributed by atoms with Crippen molar-refractivity contribution in [2.45, 2.75) is 18.7 Å². The number of allylic oxidation sites excluding steroid dienone is 1. The molecule has 2 aromatic rings. The number of carbonyl (C=O) groups excluding carboxylic acids is 1. The van der Waals surface area contributed by atoms with E-state index in [9.17, 15) is 19.8 Å². The zero-order chi connectivity index (χ0) is 21.3. The van der Waals surface area contributed by atoms with Crippen LogP contribution in [0.2, 0.25) is 0 Å². The van der Waals surface area contributed by atoms with E-state index in [1.807, 2.05) is 30.3 Å². The number of thioether (sulfide) groups is 1. The average Bonchev–Trinajstić information content (AvgIpc) is 2.70. The van der Waals surface area contributed by atoms with Gasteiger partial charge in [0.25, 0.3) is 0 Å². The molecule has 0 fully saturated rings. The maximum atomic E-state index is 13.5. The fraction of sp³-hybridized carbons (Fsp3) is 0.227. The highest BCUT2D eigenvalue weighted by Gasteiger charge is 2.38. The van der Waals surface area contributed by atoms with Gasteiger partial charge < -0.3 is 14.9 Å². The van der Waals surface area contributed by atoms with Crippen molar-refractivity contribution in [3.05, 3.63) is 68.6 Å². The van der Waals surface area contributed by atoms with Crippen molar-refractivity contribution >= 4 is 29.2 Å². The number of ketones is 1. The molecule has 150 valence electrons. The maximum Gasteiger partial charge on any atom is 0.336 e. The number of hydrogen-bond acceptors (Lipinski definition) is 6. The molecular formula is C22H21NO5S. The lowest BCUT2D eigenvalue weighted by atomic mass is 9.81. The Hall–Kier alpha value is -2.90. The van der Waals surface area contributed by atoms with Gasteiger partial charge in [0.15, 0.2) is 0 Å². The zero-order valence-corrected chi connectivity index (χ0v) is 17.4. The molecule has 0 saturated carbocycles. The van der Waals surface area contributed by atoms with Crippen LogP contribution in [0.25, 0.3) is 0 Å². The number of phenols is 1. The first-order valence-electron chi connectivity index (χ1n) is 8.90. The number of carbonyl (C=O) groups is 2. The quantitative estimate of drug-likeness (QED) is 0.772. The average molecular weight is 411 g/mol. The second-order valence-corrected chi connectivity index (χ2v) is 7.67. The molecule has 0 saturated heterocycles. The van der Waals surface area contributed by atoms with Gasteiger partial charge in [-0.05, 0) is 37.1 Å². The molecule has 0 bridgehead atoms. The fourth-order valence-corrected chi connectivity index (χ4v) is 4.46. The minimum Gasteiger partial charge on any atom is -0.507 e. The van der Waals surface area contributed by atoms with Gasteiger partial charge in [-0.3, -0.25) is 9.79 Å². The fourth-order valence-electron chi connectivity index (χ4n) is 3.46. The van der Waals surface area contributed by atoms with Gasteiger partial charge >= 0.3 is 5.97 Å². The van der Waals surface area contributed by atoms with Crippen molar-refractivity contribution in [3.8, 4) is 5.75 Å². The van der Waals surface area contributed by atoms with Crippen LogP contribution in [0.4, 0.5) is 0 Å². The van der Waals surface area contributed by atoms with Gasteiger partial charge in [0.2, 0.25) is 5.78 Å². The molecule has 3 rings (SSSR count). The van der Waals surface area contributed by atoms with Crippen molar-refractivity contribution < 1.29 is 24.5 Å². The number of benzene rings is 2. The van der Waals surface area contributed by atoms with E-state index in [1.54, 1.807) is 13.8 Å². The van der Waals surface area contributed by atoms with E-state index in [0.29, 0.717) is 27.3 Å². The van der Waals surface area contributed by atoms with Crippen molar-refractivity contribution in [1.29, 1.82) is 0 Å². The van der Waals surface area contributed by atoms with E-state index < -0.39 is 11.8 Å². The lowest BCUT2D eigenvalue weighted by molar-refractivity contribution is 0.0695. The Bertz CT molecular complexity index is 1070. The molecule has 0 atom stereocenters. The van der Waals surface area contributed by atoms with E-state index in [0.717, 1.165) is 4.90 Å². The summed E-state index contributed by atoms with van der Waals surface area (Å²) >= 11 is 1.25. The van der Waals surface area contributed by atoms with Crippen LogP contribution >= 0.6 is 11.8 Å². The Morgan fingerprint density at radius 1 is 1.14 bits per heavy atom. The number of hydrogen-bond donors (Lipinski definition) is 2. The largest absolute Gasteiger partial charge is 0.507 e. The first kappa shape index (κ1) is 20.8. The van der Waals surface area contributed by atoms with Crippen LogP contribution in [0.15, 0.2) is 50.7 Å². The monoisotopic (exact) mass is 411 g/mol. The predicted octanol–water partition coefficient (Wildman–Crippen LogP) is 4.02. The standard InChI is InChI=1S/C22H21NO5S/c1-11-12(2)19(24)17-16(15(11)22(26)27)18(23-3)14(10-28-4)21(20(17)25)29-13-8-6-5-7-9-13/h5-9,24H,10H2,1-4H3,(H,26,27). The Kier molecular flexibility index (Phi) is 5.91. The van der Waals surface area contributed by atoms with Crippen molar-refractivity contribution in [3.63, 3.8) is 0 Å². The summed E-state index contributed by atoms with van der Waals surface area (Å²) in [5.74, 6) is -1.82. The van der Waals surface area contributed by atoms with E-state index in [-0.39, 0.29) is 29.0 Å². The summed E-state index contributed by atoms with van der Waals surface area (Å²) in [4.78, 5) is 31.1. The molecule has 1 aliphatic carbocycles. The summed E-state index contributed by atoms with van der Waals surface area (Å²) < 4.78 is 5.32. The Morgan fingerprint density at radius 3 is 2.34 bits per heavy atom. The molecule has 7 heteroatoms. The minimum absolute atomic E-state index is 0.0237. The van der Waals surface area contributed by atoms with Gasteiger partial charge in [-0.2, -0.15) is 0 Å². The first-order valence-corrected chi connectivity index (χ1v) is 9.71. The van der Waals surface area contributed by atoms with Crippen molar-refractivity contribution in [1.82, 2.24) is 0 Å². The molecule has 0 unspecified atom stereocenters. The number of ether oxygens (including phenoxy) is 1. The Balaban J connectivity index is 2.36. The number of carboxylic acids is 1. The van der Waals surface area contributed by atoms with Gasteiger partial charge in [0.05, 0.1) is 28.4 Å². The van der Waals surface area contributed by atoms with E-state index in [4.69, 9.17) is 4.74 Å². The number of aliphatic imine (C=N–C) groups is 1. The van der Waals surface area contributed by atoms with Crippen LogP contribution in [-0.4, -0.2) is 48.4 Å². The number of fused-ring (bicyclic) bond motifs is 1. The van der Waals surface area contributed by atoms with Gasteiger partial charge in [0, 0.05) is 30.2 Å². The van der Waals surface area contributed by atoms with E-state index in [2.05, 4.69) is 4.99 Å². The first-order chi connectivity index (χ1) is 13.8. The number of Topliss-reactive ketones (excluding diaryl/α,β-unsaturated/α-hetero) is 1. The Morgan fingerprint density at radius 2 is 1.79 bits per heavy atom. The van der Waals surface area contributed by atoms with Crippen LogP contribution in [0.5, 0.6) is 5.75 Å². The third-order valence-corrected chi connectivity index (χ3v) is 6.09. The molecular weight excluding hydrogens is 390 g/mol. The predicted molar refractivity (Wildman–Crippen MR) is 113 cm³/mol. The normalized spacial score (nSPS) is 15.0. The SMILES string of the molecule is CN=C1C(COC)=C(Sc2ccccc2)C(=O)c2c(O)c(C)c(C)c(C(=O)O)c21. The second-order valence-electron chi connectivity index (χ2n) is 6.59. The third kappa shape index (κ3) is 3.47. The molecule has 2 aromatic carbocycles. The van der Waals surface area contributed by atoms with Crippen LogP contribution < -0.4 is 0 Å². The van der Waals surface area contributed by atoms with Gasteiger partial charge in [-0.15, -0.1) is 0 Å². The highest BCUT2D eigenvalue weighted by Crippen LogP contribution is 2.43. The summed E-state index contributed by atoms with van der Waals surface area (Å²) in [5, 5.41) is 20.6. The number of rotatable bonds is 5. The number of nitrogens with zero attached hydrogens (tertiary/aromatic N) is 1. The van der Waals surface area contributed by atoms with E-state index in [1.165, 1.54) is 25.9 Å². The minimum atomic E-state index is -1.17. The topological polar surface area (TPSA) is 96.2 Å². The second kappa shape index (κ2) is 8.23. The smallest absolute Gasteiger partial charge is 0.336 e. The number of methoxy groups -OCH3 is 1. The molecule has 0 amide bonds.